The molecule has 0 amide bonds. The van der Waals surface area contributed by atoms with E-state index in [-0.39, 0.29) is 12.3 Å². The Morgan fingerprint density at radius 3 is 2.19 bits per heavy atom. The molecule has 0 atom stereocenters. The summed E-state index contributed by atoms with van der Waals surface area (Å²) in [5.41, 5.74) is 2.50. The lowest BCUT2D eigenvalue weighted by atomic mass is 10.1. The molecule has 138 valence electrons. The molecule has 5 nitrogen and oxygen atoms in total. The maximum absolute atomic E-state index is 12.6. The summed E-state index contributed by atoms with van der Waals surface area (Å²) in [6.07, 6.45) is 2.92. The minimum Gasteiger partial charge on any atom is -0.378 e. The van der Waals surface area contributed by atoms with E-state index in [0.717, 1.165) is 30.5 Å². The van der Waals surface area contributed by atoms with Gasteiger partial charge in [0.15, 0.2) is 5.78 Å². The zero-order valence-corrected chi connectivity index (χ0v) is 15.8. The molecular formula is C20H24N2O3S. The van der Waals surface area contributed by atoms with E-state index in [4.69, 9.17) is 0 Å². The number of ketones is 1. The quantitative estimate of drug-likeness (QED) is 0.789. The number of hydrogen-bond acceptors (Lipinski definition) is 4. The van der Waals surface area contributed by atoms with Crippen molar-refractivity contribution in [1.29, 1.82) is 0 Å². The monoisotopic (exact) mass is 372 g/mol. The van der Waals surface area contributed by atoms with Crippen molar-refractivity contribution in [2.75, 3.05) is 25.0 Å². The molecule has 2 aromatic carbocycles. The number of hydrogen-bond donors (Lipinski definition) is 1. The number of aryl methyl sites for hydroxylation is 1. The first kappa shape index (κ1) is 18.6. The molecule has 2 aromatic rings. The molecule has 6 heteroatoms. The number of carbonyl (C=O) groups is 1. The fourth-order valence-electron chi connectivity index (χ4n) is 3.02. The summed E-state index contributed by atoms with van der Waals surface area (Å²) in [4.78, 5) is 12.5. The van der Waals surface area contributed by atoms with E-state index < -0.39 is 10.0 Å². The van der Waals surface area contributed by atoms with E-state index in [2.05, 4.69) is 5.32 Å². The van der Waals surface area contributed by atoms with Gasteiger partial charge in [-0.05, 0) is 44.0 Å². The molecule has 0 bridgehead atoms. The van der Waals surface area contributed by atoms with Gasteiger partial charge in [-0.15, -0.1) is 0 Å². The highest BCUT2D eigenvalue weighted by atomic mass is 32.2. The number of benzene rings is 2. The first-order chi connectivity index (χ1) is 12.5. The summed E-state index contributed by atoms with van der Waals surface area (Å²) < 4.78 is 26.8. The number of Topliss-reactive ketones (excluding diaryl/α,β-unsaturated/α-hetero) is 1. The standard InChI is InChI=1S/C20H24N2O3S/c1-16-5-7-17(8-6-16)20(23)15-21-18-9-11-19(12-10-18)26(24,25)22-13-3-2-4-14-22/h5-12,21H,2-4,13-15H2,1H3. The maximum Gasteiger partial charge on any atom is 0.243 e. The Hall–Kier alpha value is -2.18. The Morgan fingerprint density at radius 1 is 0.962 bits per heavy atom. The van der Waals surface area contributed by atoms with Crippen molar-refractivity contribution in [3.05, 3.63) is 59.7 Å². The van der Waals surface area contributed by atoms with E-state index in [9.17, 15) is 13.2 Å². The Balaban J connectivity index is 1.62. The van der Waals surface area contributed by atoms with E-state index in [1.54, 1.807) is 28.6 Å². The van der Waals surface area contributed by atoms with Gasteiger partial charge in [0.25, 0.3) is 0 Å². The highest BCUT2D eigenvalue weighted by molar-refractivity contribution is 7.89. The lowest BCUT2D eigenvalue weighted by Gasteiger charge is -2.25. The summed E-state index contributed by atoms with van der Waals surface area (Å²) in [6.45, 7) is 3.33. The van der Waals surface area contributed by atoms with Crippen LogP contribution in [0, 0.1) is 6.92 Å². The lowest BCUT2D eigenvalue weighted by Crippen LogP contribution is -2.35. The van der Waals surface area contributed by atoms with Crippen LogP contribution in [-0.4, -0.2) is 38.1 Å². The van der Waals surface area contributed by atoms with Crippen molar-refractivity contribution in [3.63, 3.8) is 0 Å². The molecule has 1 heterocycles. The predicted molar refractivity (Wildman–Crippen MR) is 103 cm³/mol. The molecule has 1 aliphatic heterocycles. The molecule has 1 aliphatic rings. The minimum absolute atomic E-state index is 0.00462. The Bertz CT molecular complexity index is 853. The third-order valence-corrected chi connectivity index (χ3v) is 6.55. The molecule has 26 heavy (non-hydrogen) atoms. The van der Waals surface area contributed by atoms with Crippen LogP contribution in [-0.2, 0) is 10.0 Å². The molecule has 0 aliphatic carbocycles. The van der Waals surface area contributed by atoms with Crippen molar-refractivity contribution < 1.29 is 13.2 Å². The third-order valence-electron chi connectivity index (χ3n) is 4.63. The topological polar surface area (TPSA) is 66.5 Å². The summed E-state index contributed by atoms with van der Waals surface area (Å²) in [6, 6.07) is 14.1. The van der Waals surface area contributed by atoms with Gasteiger partial charge in [0.2, 0.25) is 10.0 Å². The molecular weight excluding hydrogens is 348 g/mol. The molecule has 0 unspecified atom stereocenters. The first-order valence-electron chi connectivity index (χ1n) is 8.91. The number of rotatable bonds is 6. The zero-order chi connectivity index (χ0) is 18.6. The predicted octanol–water partition coefficient (Wildman–Crippen LogP) is 3.46. The number of sulfonamides is 1. The van der Waals surface area contributed by atoms with Crippen LogP contribution in [0.25, 0.3) is 0 Å². The van der Waals surface area contributed by atoms with E-state index in [1.165, 1.54) is 0 Å². The number of piperidine rings is 1. The smallest absolute Gasteiger partial charge is 0.243 e. The molecule has 3 rings (SSSR count). The number of nitrogens with one attached hydrogen (secondary N) is 1. The van der Waals surface area contributed by atoms with Gasteiger partial charge in [0.05, 0.1) is 11.4 Å². The van der Waals surface area contributed by atoms with Crippen LogP contribution >= 0.6 is 0 Å². The SMILES string of the molecule is Cc1ccc(C(=O)CNc2ccc(S(=O)(=O)N3CCCCC3)cc2)cc1. The van der Waals surface area contributed by atoms with Gasteiger partial charge in [0, 0.05) is 24.3 Å². The van der Waals surface area contributed by atoms with Crippen LogP contribution < -0.4 is 5.32 Å². The van der Waals surface area contributed by atoms with Crippen LogP contribution in [0.15, 0.2) is 53.4 Å². The van der Waals surface area contributed by atoms with Gasteiger partial charge >= 0.3 is 0 Å². The third kappa shape index (κ3) is 4.31. The highest BCUT2D eigenvalue weighted by Gasteiger charge is 2.25. The van der Waals surface area contributed by atoms with Gasteiger partial charge in [-0.2, -0.15) is 4.31 Å². The van der Waals surface area contributed by atoms with Crippen LogP contribution in [0.2, 0.25) is 0 Å². The van der Waals surface area contributed by atoms with E-state index >= 15 is 0 Å². The fourth-order valence-corrected chi connectivity index (χ4v) is 4.54. The van der Waals surface area contributed by atoms with Crippen LogP contribution in [0.3, 0.4) is 0 Å². The molecule has 0 saturated carbocycles. The summed E-state index contributed by atoms with van der Waals surface area (Å²) >= 11 is 0. The van der Waals surface area contributed by atoms with Gasteiger partial charge in [0.1, 0.15) is 0 Å². The number of nitrogens with zero attached hydrogens (tertiary/aromatic N) is 1. The number of anilines is 1. The zero-order valence-electron chi connectivity index (χ0n) is 14.9. The van der Waals surface area contributed by atoms with Crippen molar-refractivity contribution in [3.8, 4) is 0 Å². The average molecular weight is 372 g/mol. The molecule has 0 radical (unpaired) electrons. The molecule has 0 spiro atoms. The van der Waals surface area contributed by atoms with Crippen molar-refractivity contribution in [2.24, 2.45) is 0 Å². The summed E-state index contributed by atoms with van der Waals surface area (Å²) in [5.74, 6) is -0.00462. The van der Waals surface area contributed by atoms with Crippen LogP contribution in [0.5, 0.6) is 0 Å². The largest absolute Gasteiger partial charge is 0.378 e. The second-order valence-corrected chi connectivity index (χ2v) is 8.57. The van der Waals surface area contributed by atoms with Crippen molar-refractivity contribution in [1.82, 2.24) is 4.31 Å². The van der Waals surface area contributed by atoms with Gasteiger partial charge in [-0.3, -0.25) is 4.79 Å². The summed E-state index contributed by atoms with van der Waals surface area (Å²) in [7, 11) is -3.42. The van der Waals surface area contributed by atoms with Crippen molar-refractivity contribution in [2.45, 2.75) is 31.1 Å². The molecule has 1 saturated heterocycles. The van der Waals surface area contributed by atoms with Crippen LogP contribution in [0.4, 0.5) is 5.69 Å². The normalized spacial score (nSPS) is 15.6. The lowest BCUT2D eigenvalue weighted by molar-refractivity contribution is 0.101. The second-order valence-electron chi connectivity index (χ2n) is 6.63. The molecule has 1 N–H and O–H groups in total. The second kappa shape index (κ2) is 8.01. The average Bonchev–Trinajstić information content (AvgIpc) is 2.67. The fraction of sp³-hybridized carbons (Fsp3) is 0.350. The van der Waals surface area contributed by atoms with Crippen LogP contribution in [0.1, 0.15) is 35.2 Å². The minimum atomic E-state index is -3.42. The van der Waals surface area contributed by atoms with E-state index in [1.807, 2.05) is 31.2 Å². The van der Waals surface area contributed by atoms with Gasteiger partial charge in [-0.25, -0.2) is 8.42 Å². The summed E-state index contributed by atoms with van der Waals surface area (Å²) in [5, 5.41) is 3.06. The Kier molecular flexibility index (Phi) is 5.74. The Morgan fingerprint density at radius 2 is 1.58 bits per heavy atom. The maximum atomic E-state index is 12.6. The first-order valence-corrected chi connectivity index (χ1v) is 10.3. The Labute approximate surface area is 155 Å². The molecule has 0 aromatic heterocycles. The molecule has 1 fully saturated rings. The van der Waals surface area contributed by atoms with E-state index in [0.29, 0.717) is 23.5 Å². The van der Waals surface area contributed by atoms with Gasteiger partial charge < -0.3 is 5.32 Å². The van der Waals surface area contributed by atoms with Gasteiger partial charge in [-0.1, -0.05) is 36.2 Å². The van der Waals surface area contributed by atoms with Crippen molar-refractivity contribution >= 4 is 21.5 Å². The highest BCUT2D eigenvalue weighted by Crippen LogP contribution is 2.22. The number of carbonyl (C=O) groups excluding carboxylic acids is 1.